The van der Waals surface area contributed by atoms with Crippen molar-refractivity contribution >= 4 is 21.6 Å². The van der Waals surface area contributed by atoms with Crippen molar-refractivity contribution in [2.75, 3.05) is 5.73 Å². The molecule has 0 aliphatic carbocycles. The van der Waals surface area contributed by atoms with Gasteiger partial charge >= 0.3 is 0 Å². The largest absolute Gasteiger partial charge is 0.398 e. The first kappa shape index (κ1) is 12.1. The van der Waals surface area contributed by atoms with Gasteiger partial charge in [0, 0.05) is 29.0 Å². The molecule has 5 N–H and O–H groups in total. The van der Waals surface area contributed by atoms with Crippen LogP contribution in [0.25, 0.3) is 0 Å². The van der Waals surface area contributed by atoms with Gasteiger partial charge in [0.2, 0.25) is 0 Å². The van der Waals surface area contributed by atoms with E-state index in [1.807, 2.05) is 37.5 Å². The molecule has 1 atom stereocenters. The molecule has 2 rings (SSSR count). The predicted molar refractivity (Wildman–Crippen MR) is 70.9 cm³/mol. The van der Waals surface area contributed by atoms with Gasteiger partial charge in [0.15, 0.2) is 0 Å². The molecule has 0 bridgehead atoms. The van der Waals surface area contributed by atoms with Crippen LogP contribution in [0.1, 0.15) is 17.3 Å². The lowest BCUT2D eigenvalue weighted by Crippen LogP contribution is -2.29. The molecule has 0 amide bonds. The molecule has 6 heteroatoms. The second-order valence-electron chi connectivity index (χ2n) is 3.79. The van der Waals surface area contributed by atoms with Crippen molar-refractivity contribution in [1.29, 1.82) is 0 Å². The van der Waals surface area contributed by atoms with E-state index in [0.29, 0.717) is 5.69 Å². The van der Waals surface area contributed by atoms with Crippen LogP contribution in [0.4, 0.5) is 5.69 Å². The van der Waals surface area contributed by atoms with E-state index in [1.165, 1.54) is 0 Å². The highest BCUT2D eigenvalue weighted by Crippen LogP contribution is 2.27. The van der Waals surface area contributed by atoms with Crippen LogP contribution < -0.4 is 17.0 Å². The molecule has 0 aliphatic heterocycles. The van der Waals surface area contributed by atoms with Crippen LogP contribution in [0.5, 0.6) is 0 Å². The SMILES string of the molecule is Cn1ccc(C(NN)c2cc(Br)ccc2N)n1. The van der Waals surface area contributed by atoms with Crippen molar-refractivity contribution in [1.82, 2.24) is 15.2 Å². The number of rotatable bonds is 3. The molecule has 5 nitrogen and oxygen atoms in total. The monoisotopic (exact) mass is 295 g/mol. The highest BCUT2D eigenvalue weighted by atomic mass is 79.9. The number of halogens is 1. The van der Waals surface area contributed by atoms with Crippen LogP contribution in [0.15, 0.2) is 34.9 Å². The number of nitrogens with one attached hydrogen (secondary N) is 1. The molecule has 90 valence electrons. The fraction of sp³-hybridized carbons (Fsp3) is 0.182. The Morgan fingerprint density at radius 3 is 2.76 bits per heavy atom. The lowest BCUT2D eigenvalue weighted by Gasteiger charge is -2.16. The summed E-state index contributed by atoms with van der Waals surface area (Å²) in [6.07, 6.45) is 1.87. The van der Waals surface area contributed by atoms with Gasteiger partial charge in [-0.05, 0) is 24.3 Å². The number of benzene rings is 1. The van der Waals surface area contributed by atoms with Gasteiger partial charge in [0.05, 0.1) is 11.7 Å². The van der Waals surface area contributed by atoms with Gasteiger partial charge in [-0.3, -0.25) is 10.5 Å². The number of aryl methyl sites for hydroxylation is 1. The quantitative estimate of drug-likeness (QED) is 0.453. The topological polar surface area (TPSA) is 81.9 Å². The maximum absolute atomic E-state index is 5.96. The molecule has 0 fully saturated rings. The fourth-order valence-electron chi connectivity index (χ4n) is 1.72. The van der Waals surface area contributed by atoms with Gasteiger partial charge in [-0.25, -0.2) is 5.43 Å². The molecular formula is C11H14BrN5. The van der Waals surface area contributed by atoms with E-state index < -0.39 is 0 Å². The molecule has 0 aliphatic rings. The molecule has 0 saturated carbocycles. The first-order chi connectivity index (χ1) is 8.11. The maximum Gasteiger partial charge on any atom is 0.0920 e. The number of nitrogen functional groups attached to an aromatic ring is 1. The Morgan fingerprint density at radius 2 is 2.18 bits per heavy atom. The third-order valence-electron chi connectivity index (χ3n) is 2.56. The first-order valence-corrected chi connectivity index (χ1v) is 5.91. The van der Waals surface area contributed by atoms with E-state index in [2.05, 4.69) is 26.5 Å². The first-order valence-electron chi connectivity index (χ1n) is 5.12. The zero-order valence-corrected chi connectivity index (χ0v) is 11.0. The summed E-state index contributed by atoms with van der Waals surface area (Å²) in [5.41, 5.74) is 11.1. The molecule has 2 aromatic rings. The second-order valence-corrected chi connectivity index (χ2v) is 4.70. The highest BCUT2D eigenvalue weighted by Gasteiger charge is 2.17. The van der Waals surface area contributed by atoms with Gasteiger partial charge in [-0.15, -0.1) is 0 Å². The number of aromatic nitrogens is 2. The van der Waals surface area contributed by atoms with Gasteiger partial charge in [-0.2, -0.15) is 5.10 Å². The molecule has 0 radical (unpaired) electrons. The van der Waals surface area contributed by atoms with Crippen molar-refractivity contribution in [3.05, 3.63) is 46.2 Å². The minimum absolute atomic E-state index is 0.214. The smallest absolute Gasteiger partial charge is 0.0920 e. The average Bonchev–Trinajstić information content (AvgIpc) is 2.71. The molecule has 0 saturated heterocycles. The number of hydrazine groups is 1. The van der Waals surface area contributed by atoms with Gasteiger partial charge < -0.3 is 5.73 Å². The number of nitrogens with zero attached hydrogens (tertiary/aromatic N) is 2. The van der Waals surface area contributed by atoms with Gasteiger partial charge in [-0.1, -0.05) is 15.9 Å². The number of hydrogen-bond donors (Lipinski definition) is 3. The molecule has 0 spiro atoms. The van der Waals surface area contributed by atoms with E-state index in [4.69, 9.17) is 11.6 Å². The summed E-state index contributed by atoms with van der Waals surface area (Å²) >= 11 is 3.42. The summed E-state index contributed by atoms with van der Waals surface area (Å²) in [4.78, 5) is 0. The molecular weight excluding hydrogens is 282 g/mol. The molecule has 1 heterocycles. The molecule has 1 unspecified atom stereocenters. The van der Waals surface area contributed by atoms with Gasteiger partial charge in [0.1, 0.15) is 0 Å². The van der Waals surface area contributed by atoms with Crippen LogP contribution in [-0.4, -0.2) is 9.78 Å². The Bertz CT molecular complexity index is 522. The normalized spacial score (nSPS) is 12.6. The standard InChI is InChI=1S/C11H14BrN5/c1-17-5-4-10(16-17)11(15-14)8-6-7(12)2-3-9(8)13/h2-6,11,15H,13-14H2,1H3. The average molecular weight is 296 g/mol. The van der Waals surface area contributed by atoms with Crippen molar-refractivity contribution in [3.8, 4) is 0 Å². The predicted octanol–water partition coefficient (Wildman–Crippen LogP) is 1.32. The number of anilines is 1. The molecule has 1 aromatic heterocycles. The van der Waals surface area contributed by atoms with Crippen LogP contribution in [0.3, 0.4) is 0 Å². The lowest BCUT2D eigenvalue weighted by molar-refractivity contribution is 0.604. The Kier molecular flexibility index (Phi) is 3.46. The minimum Gasteiger partial charge on any atom is -0.398 e. The van der Waals surface area contributed by atoms with E-state index in [-0.39, 0.29) is 6.04 Å². The molecule has 17 heavy (non-hydrogen) atoms. The lowest BCUT2D eigenvalue weighted by atomic mass is 10.0. The van der Waals surface area contributed by atoms with E-state index in [9.17, 15) is 0 Å². The Morgan fingerprint density at radius 1 is 1.41 bits per heavy atom. The highest BCUT2D eigenvalue weighted by molar-refractivity contribution is 9.10. The summed E-state index contributed by atoms with van der Waals surface area (Å²) in [5.74, 6) is 5.59. The summed E-state index contributed by atoms with van der Waals surface area (Å²) in [5, 5.41) is 4.33. The second kappa shape index (κ2) is 4.87. The molecule has 1 aromatic carbocycles. The van der Waals surface area contributed by atoms with E-state index >= 15 is 0 Å². The van der Waals surface area contributed by atoms with E-state index in [0.717, 1.165) is 15.7 Å². The Balaban J connectivity index is 2.45. The van der Waals surface area contributed by atoms with Crippen LogP contribution in [0.2, 0.25) is 0 Å². The maximum atomic E-state index is 5.96. The third kappa shape index (κ3) is 2.49. The van der Waals surface area contributed by atoms with Crippen molar-refractivity contribution < 1.29 is 0 Å². The number of nitrogens with two attached hydrogens (primary N) is 2. The van der Waals surface area contributed by atoms with Crippen LogP contribution >= 0.6 is 15.9 Å². The zero-order valence-electron chi connectivity index (χ0n) is 9.39. The third-order valence-corrected chi connectivity index (χ3v) is 3.05. The summed E-state index contributed by atoms with van der Waals surface area (Å²) in [7, 11) is 1.86. The van der Waals surface area contributed by atoms with Crippen LogP contribution in [-0.2, 0) is 7.05 Å². The Hall–Kier alpha value is -1.37. The van der Waals surface area contributed by atoms with Crippen molar-refractivity contribution in [2.45, 2.75) is 6.04 Å². The van der Waals surface area contributed by atoms with Crippen molar-refractivity contribution in [2.24, 2.45) is 12.9 Å². The summed E-state index contributed by atoms with van der Waals surface area (Å²) < 4.78 is 2.69. The Labute approximate surface area is 108 Å². The minimum atomic E-state index is -0.214. The van der Waals surface area contributed by atoms with Crippen molar-refractivity contribution in [3.63, 3.8) is 0 Å². The zero-order chi connectivity index (χ0) is 12.4. The van der Waals surface area contributed by atoms with Gasteiger partial charge in [0.25, 0.3) is 0 Å². The van der Waals surface area contributed by atoms with E-state index in [1.54, 1.807) is 4.68 Å². The van der Waals surface area contributed by atoms with Crippen LogP contribution in [0, 0.1) is 0 Å². The summed E-state index contributed by atoms with van der Waals surface area (Å²) in [6.45, 7) is 0. The fourth-order valence-corrected chi connectivity index (χ4v) is 2.10. The number of hydrogen-bond acceptors (Lipinski definition) is 4. The summed E-state index contributed by atoms with van der Waals surface area (Å²) in [6, 6.07) is 7.37.